The number of hydrogen-bond donors (Lipinski definition) is 0. The fourth-order valence-corrected chi connectivity index (χ4v) is 4.02. The highest BCUT2D eigenvalue weighted by molar-refractivity contribution is 9.11. The van der Waals surface area contributed by atoms with Crippen LogP contribution in [-0.2, 0) is 0 Å². The average Bonchev–Trinajstić information content (AvgIpc) is 2.46. The van der Waals surface area contributed by atoms with Crippen LogP contribution in [0.25, 0.3) is 0 Å². The first kappa shape index (κ1) is 17.0. The summed E-state index contributed by atoms with van der Waals surface area (Å²) in [5.74, 6) is 0.0948. The molecule has 0 saturated carbocycles. The quantitative estimate of drug-likeness (QED) is 0.737. The van der Waals surface area contributed by atoms with Crippen LogP contribution in [0.1, 0.15) is 37.0 Å². The normalized spacial score (nSPS) is 17.2. The number of benzene rings is 1. The summed E-state index contributed by atoms with van der Waals surface area (Å²) < 4.78 is 1.81. The maximum absolute atomic E-state index is 12.7. The van der Waals surface area contributed by atoms with Gasteiger partial charge in [-0.05, 0) is 60.8 Å². The van der Waals surface area contributed by atoms with Crippen LogP contribution in [-0.4, -0.2) is 47.9 Å². The monoisotopic (exact) mass is 416 g/mol. The van der Waals surface area contributed by atoms with Gasteiger partial charge in [0.15, 0.2) is 0 Å². The minimum Gasteiger partial charge on any atom is -0.339 e. The van der Waals surface area contributed by atoms with Gasteiger partial charge in [-0.2, -0.15) is 0 Å². The van der Waals surface area contributed by atoms with E-state index in [2.05, 4.69) is 50.6 Å². The predicted molar refractivity (Wildman–Crippen MR) is 93.7 cm³/mol. The molecule has 2 rings (SSSR count). The SMILES string of the molecule is CC(C)N1CCC(N(C)C(=O)c2ccc(Br)cc2Br)CC1. The van der Waals surface area contributed by atoms with Crippen molar-refractivity contribution < 1.29 is 4.79 Å². The lowest BCUT2D eigenvalue weighted by Crippen LogP contribution is -2.47. The summed E-state index contributed by atoms with van der Waals surface area (Å²) >= 11 is 6.90. The third-order valence-electron chi connectivity index (χ3n) is 4.26. The molecule has 0 aliphatic carbocycles. The molecular weight excluding hydrogens is 396 g/mol. The third kappa shape index (κ3) is 4.08. The van der Waals surface area contributed by atoms with Crippen LogP contribution in [0.15, 0.2) is 27.1 Å². The molecule has 1 aromatic rings. The highest BCUT2D eigenvalue weighted by Gasteiger charge is 2.27. The van der Waals surface area contributed by atoms with Crippen molar-refractivity contribution in [1.29, 1.82) is 0 Å². The van der Waals surface area contributed by atoms with Crippen LogP contribution in [0.4, 0.5) is 0 Å². The molecule has 3 nitrogen and oxygen atoms in total. The maximum atomic E-state index is 12.7. The number of piperidine rings is 1. The van der Waals surface area contributed by atoms with E-state index in [9.17, 15) is 4.79 Å². The van der Waals surface area contributed by atoms with E-state index in [1.54, 1.807) is 0 Å². The second-order valence-electron chi connectivity index (χ2n) is 5.90. The topological polar surface area (TPSA) is 23.6 Å². The Hall–Kier alpha value is -0.390. The van der Waals surface area contributed by atoms with Gasteiger partial charge in [0.25, 0.3) is 5.91 Å². The molecule has 0 bridgehead atoms. The average molecular weight is 418 g/mol. The summed E-state index contributed by atoms with van der Waals surface area (Å²) in [4.78, 5) is 17.0. The van der Waals surface area contributed by atoms with Gasteiger partial charge in [0.1, 0.15) is 0 Å². The van der Waals surface area contributed by atoms with Gasteiger partial charge in [-0.25, -0.2) is 0 Å². The molecule has 1 saturated heterocycles. The molecule has 1 amide bonds. The van der Waals surface area contributed by atoms with E-state index < -0.39 is 0 Å². The summed E-state index contributed by atoms with van der Waals surface area (Å²) in [5.41, 5.74) is 0.729. The molecule has 1 aromatic carbocycles. The second-order valence-corrected chi connectivity index (χ2v) is 7.67. The van der Waals surface area contributed by atoms with E-state index in [0.29, 0.717) is 12.1 Å². The second kappa shape index (κ2) is 7.25. The van der Waals surface area contributed by atoms with Gasteiger partial charge >= 0.3 is 0 Å². The number of rotatable bonds is 3. The van der Waals surface area contributed by atoms with Gasteiger partial charge in [0.2, 0.25) is 0 Å². The Morgan fingerprint density at radius 3 is 2.43 bits per heavy atom. The zero-order chi connectivity index (χ0) is 15.6. The Morgan fingerprint density at radius 2 is 1.90 bits per heavy atom. The van der Waals surface area contributed by atoms with Crippen molar-refractivity contribution in [2.45, 2.75) is 38.8 Å². The molecule has 5 heteroatoms. The molecule has 0 radical (unpaired) electrons. The third-order valence-corrected chi connectivity index (χ3v) is 5.41. The van der Waals surface area contributed by atoms with Gasteiger partial charge in [-0.15, -0.1) is 0 Å². The summed E-state index contributed by atoms with van der Waals surface area (Å²) in [6.45, 7) is 6.60. The standard InChI is InChI=1S/C16H22Br2N2O/c1-11(2)20-8-6-13(7-9-20)19(3)16(21)14-5-4-12(17)10-15(14)18/h4-5,10-11,13H,6-9H2,1-3H3. The minimum atomic E-state index is 0.0948. The highest BCUT2D eigenvalue weighted by Crippen LogP contribution is 2.25. The van der Waals surface area contributed by atoms with Gasteiger partial charge in [0.05, 0.1) is 5.56 Å². The van der Waals surface area contributed by atoms with E-state index in [1.807, 2.05) is 30.1 Å². The molecule has 116 valence electrons. The van der Waals surface area contributed by atoms with E-state index in [0.717, 1.165) is 40.4 Å². The van der Waals surface area contributed by atoms with E-state index in [4.69, 9.17) is 0 Å². The lowest BCUT2D eigenvalue weighted by molar-refractivity contribution is 0.0614. The van der Waals surface area contributed by atoms with Gasteiger partial charge in [-0.3, -0.25) is 4.79 Å². The van der Waals surface area contributed by atoms with Gasteiger partial charge in [0, 0.05) is 41.2 Å². The molecule has 0 spiro atoms. The smallest absolute Gasteiger partial charge is 0.254 e. The zero-order valence-electron chi connectivity index (χ0n) is 12.8. The lowest BCUT2D eigenvalue weighted by atomic mass is 10.0. The molecule has 1 fully saturated rings. The molecular formula is C16H22Br2N2O. The fraction of sp³-hybridized carbons (Fsp3) is 0.562. The Kier molecular flexibility index (Phi) is 5.86. The van der Waals surface area contributed by atoms with Crippen LogP contribution in [0.3, 0.4) is 0 Å². The predicted octanol–water partition coefficient (Wildman–Crippen LogP) is 4.16. The molecule has 0 atom stereocenters. The Labute approximate surface area is 143 Å². The lowest BCUT2D eigenvalue weighted by Gasteiger charge is -2.38. The van der Waals surface area contributed by atoms with Crippen molar-refractivity contribution in [3.63, 3.8) is 0 Å². The largest absolute Gasteiger partial charge is 0.339 e. The Bertz CT molecular complexity index is 511. The van der Waals surface area contributed by atoms with Crippen molar-refractivity contribution in [2.75, 3.05) is 20.1 Å². The summed E-state index contributed by atoms with van der Waals surface area (Å²) in [6.07, 6.45) is 2.10. The fourth-order valence-electron chi connectivity index (χ4n) is 2.81. The van der Waals surface area contributed by atoms with Crippen LogP contribution < -0.4 is 0 Å². The number of hydrogen-bond acceptors (Lipinski definition) is 2. The number of amides is 1. The van der Waals surface area contributed by atoms with E-state index in [-0.39, 0.29) is 5.91 Å². The van der Waals surface area contributed by atoms with E-state index >= 15 is 0 Å². The van der Waals surface area contributed by atoms with Crippen LogP contribution in [0, 0.1) is 0 Å². The van der Waals surface area contributed by atoms with E-state index in [1.165, 1.54) is 0 Å². The number of likely N-dealkylation sites (tertiary alicyclic amines) is 1. The summed E-state index contributed by atoms with van der Waals surface area (Å²) in [5, 5.41) is 0. The molecule has 0 unspecified atom stereocenters. The van der Waals surface area contributed by atoms with Crippen molar-refractivity contribution in [1.82, 2.24) is 9.80 Å². The maximum Gasteiger partial charge on any atom is 0.254 e. The first-order valence-electron chi connectivity index (χ1n) is 7.36. The number of nitrogens with zero attached hydrogens (tertiary/aromatic N) is 2. The summed E-state index contributed by atoms with van der Waals surface area (Å²) in [6, 6.07) is 6.63. The number of carbonyl (C=O) groups is 1. The Morgan fingerprint density at radius 1 is 1.29 bits per heavy atom. The molecule has 0 aromatic heterocycles. The van der Waals surface area contributed by atoms with Crippen molar-refractivity contribution >= 4 is 37.8 Å². The first-order valence-corrected chi connectivity index (χ1v) is 8.95. The van der Waals surface area contributed by atoms with Crippen molar-refractivity contribution in [3.8, 4) is 0 Å². The summed E-state index contributed by atoms with van der Waals surface area (Å²) in [7, 11) is 1.92. The molecule has 1 aliphatic heterocycles. The van der Waals surface area contributed by atoms with Crippen LogP contribution in [0.5, 0.6) is 0 Å². The minimum absolute atomic E-state index is 0.0948. The molecule has 21 heavy (non-hydrogen) atoms. The Balaban J connectivity index is 2.03. The highest BCUT2D eigenvalue weighted by atomic mass is 79.9. The van der Waals surface area contributed by atoms with Crippen LogP contribution in [0.2, 0.25) is 0 Å². The molecule has 0 N–H and O–H groups in total. The first-order chi connectivity index (χ1) is 9.90. The number of carbonyl (C=O) groups excluding carboxylic acids is 1. The van der Waals surface area contributed by atoms with Gasteiger partial charge in [-0.1, -0.05) is 15.9 Å². The zero-order valence-corrected chi connectivity index (χ0v) is 15.9. The number of halogens is 2. The van der Waals surface area contributed by atoms with Crippen LogP contribution >= 0.6 is 31.9 Å². The molecule has 1 heterocycles. The van der Waals surface area contributed by atoms with Crippen molar-refractivity contribution in [2.24, 2.45) is 0 Å². The van der Waals surface area contributed by atoms with Crippen molar-refractivity contribution in [3.05, 3.63) is 32.7 Å². The van der Waals surface area contributed by atoms with Gasteiger partial charge < -0.3 is 9.80 Å². The molecule has 1 aliphatic rings.